The van der Waals surface area contributed by atoms with Crippen molar-refractivity contribution in [1.82, 2.24) is 0 Å². The number of rotatable bonds is 11. The van der Waals surface area contributed by atoms with Crippen LogP contribution in [0.4, 0.5) is 0 Å². The van der Waals surface area contributed by atoms with Gasteiger partial charge in [0.2, 0.25) is 0 Å². The summed E-state index contributed by atoms with van der Waals surface area (Å²) in [6, 6.07) is 0. The quantitative estimate of drug-likeness (QED) is 0.555. The largest absolute Gasteiger partial charge is 0.379 e. The third-order valence-corrected chi connectivity index (χ3v) is 4.16. The zero-order valence-electron chi connectivity index (χ0n) is 12.4. The maximum absolute atomic E-state index is 6.24. The van der Waals surface area contributed by atoms with Gasteiger partial charge in [0, 0.05) is 12.1 Å². The highest BCUT2D eigenvalue weighted by Crippen LogP contribution is 2.22. The number of hydrogen-bond acceptors (Lipinski definition) is 2. The first-order valence-corrected chi connectivity index (χ1v) is 8.13. The molecule has 18 heavy (non-hydrogen) atoms. The highest BCUT2D eigenvalue weighted by atomic mass is 16.5. The molecular formula is C16H33NO. The molecule has 0 aromatic carbocycles. The Kier molecular flexibility index (Phi) is 8.70. The molecule has 0 aliphatic carbocycles. The van der Waals surface area contributed by atoms with Gasteiger partial charge in [-0.05, 0) is 12.8 Å². The van der Waals surface area contributed by atoms with Crippen LogP contribution in [0.5, 0.6) is 0 Å². The van der Waals surface area contributed by atoms with Crippen molar-refractivity contribution in [3.05, 3.63) is 0 Å². The van der Waals surface area contributed by atoms with Crippen molar-refractivity contribution < 1.29 is 4.74 Å². The molecule has 0 aromatic rings. The van der Waals surface area contributed by atoms with Gasteiger partial charge in [0.25, 0.3) is 0 Å². The van der Waals surface area contributed by atoms with E-state index < -0.39 is 0 Å². The summed E-state index contributed by atoms with van der Waals surface area (Å²) in [5.41, 5.74) is 6.26. The van der Waals surface area contributed by atoms with E-state index in [9.17, 15) is 0 Å². The Hall–Kier alpha value is -0.0800. The Morgan fingerprint density at radius 1 is 0.889 bits per heavy atom. The van der Waals surface area contributed by atoms with Gasteiger partial charge in [0.15, 0.2) is 0 Å². The zero-order chi connectivity index (χ0) is 13.1. The fourth-order valence-corrected chi connectivity index (χ4v) is 2.78. The van der Waals surface area contributed by atoms with Crippen molar-refractivity contribution in [1.29, 1.82) is 0 Å². The van der Waals surface area contributed by atoms with Crippen molar-refractivity contribution in [2.75, 3.05) is 13.2 Å². The molecule has 0 bridgehead atoms. The molecule has 1 heterocycles. The molecule has 1 saturated heterocycles. The van der Waals surface area contributed by atoms with Gasteiger partial charge >= 0.3 is 0 Å². The Morgan fingerprint density at radius 2 is 1.44 bits per heavy atom. The molecule has 0 aromatic heterocycles. The standard InChI is InChI=1S/C16H33NO/c1-2-3-4-5-6-7-8-9-10-11-12-16(17)13-14-18-15-16/h2-15,17H2,1H3. The summed E-state index contributed by atoms with van der Waals surface area (Å²) >= 11 is 0. The summed E-state index contributed by atoms with van der Waals surface area (Å²) in [5.74, 6) is 0. The van der Waals surface area contributed by atoms with Gasteiger partial charge in [-0.3, -0.25) is 0 Å². The minimum absolute atomic E-state index is 0.0140. The van der Waals surface area contributed by atoms with Crippen molar-refractivity contribution in [3.63, 3.8) is 0 Å². The van der Waals surface area contributed by atoms with Crippen LogP contribution in [0.25, 0.3) is 0 Å². The van der Waals surface area contributed by atoms with Crippen LogP contribution in [0.1, 0.15) is 84.0 Å². The first-order chi connectivity index (χ1) is 8.77. The molecule has 2 nitrogen and oxygen atoms in total. The van der Waals surface area contributed by atoms with Gasteiger partial charge in [0.05, 0.1) is 6.61 Å². The number of unbranched alkanes of at least 4 members (excludes halogenated alkanes) is 9. The van der Waals surface area contributed by atoms with Crippen molar-refractivity contribution in [2.45, 2.75) is 89.5 Å². The highest BCUT2D eigenvalue weighted by Gasteiger charge is 2.29. The van der Waals surface area contributed by atoms with E-state index in [0.717, 1.165) is 26.1 Å². The predicted octanol–water partition coefficient (Wildman–Crippen LogP) is 4.42. The summed E-state index contributed by atoms with van der Waals surface area (Å²) in [7, 11) is 0. The first kappa shape index (κ1) is 16.0. The summed E-state index contributed by atoms with van der Waals surface area (Å²) in [6.45, 7) is 3.93. The van der Waals surface area contributed by atoms with Gasteiger partial charge in [0.1, 0.15) is 0 Å². The molecule has 0 radical (unpaired) electrons. The maximum atomic E-state index is 6.24. The molecule has 108 valence electrons. The first-order valence-electron chi connectivity index (χ1n) is 8.13. The average molecular weight is 255 g/mol. The Bertz CT molecular complexity index is 188. The monoisotopic (exact) mass is 255 g/mol. The maximum Gasteiger partial charge on any atom is 0.0647 e. The van der Waals surface area contributed by atoms with Gasteiger partial charge in [-0.25, -0.2) is 0 Å². The molecule has 1 aliphatic heterocycles. The van der Waals surface area contributed by atoms with Gasteiger partial charge in [-0.15, -0.1) is 0 Å². The van der Waals surface area contributed by atoms with E-state index in [1.807, 2.05) is 0 Å². The highest BCUT2D eigenvalue weighted by molar-refractivity contribution is 4.87. The summed E-state index contributed by atoms with van der Waals surface area (Å²) < 4.78 is 5.38. The molecule has 0 saturated carbocycles. The average Bonchev–Trinajstić information content (AvgIpc) is 2.79. The topological polar surface area (TPSA) is 35.2 Å². The van der Waals surface area contributed by atoms with Gasteiger partial charge in [-0.1, -0.05) is 71.1 Å². The van der Waals surface area contributed by atoms with Crippen LogP contribution >= 0.6 is 0 Å². The van der Waals surface area contributed by atoms with Crippen molar-refractivity contribution in [3.8, 4) is 0 Å². The molecule has 0 amide bonds. The van der Waals surface area contributed by atoms with Crippen LogP contribution in [0.15, 0.2) is 0 Å². The van der Waals surface area contributed by atoms with Crippen LogP contribution in [0.2, 0.25) is 0 Å². The predicted molar refractivity (Wildman–Crippen MR) is 78.8 cm³/mol. The lowest BCUT2D eigenvalue weighted by atomic mass is 9.92. The van der Waals surface area contributed by atoms with Crippen molar-refractivity contribution in [2.24, 2.45) is 5.73 Å². The molecule has 1 fully saturated rings. The zero-order valence-corrected chi connectivity index (χ0v) is 12.4. The minimum Gasteiger partial charge on any atom is -0.379 e. The molecule has 0 spiro atoms. The third kappa shape index (κ3) is 7.38. The molecular weight excluding hydrogens is 222 g/mol. The molecule has 1 rings (SSSR count). The Labute approximate surface area is 114 Å². The van der Waals surface area contributed by atoms with E-state index in [4.69, 9.17) is 10.5 Å². The van der Waals surface area contributed by atoms with Crippen LogP contribution in [0.3, 0.4) is 0 Å². The smallest absolute Gasteiger partial charge is 0.0647 e. The second-order valence-electron chi connectivity index (χ2n) is 6.10. The van der Waals surface area contributed by atoms with Gasteiger partial charge in [-0.2, -0.15) is 0 Å². The normalized spacial score (nSPS) is 23.7. The van der Waals surface area contributed by atoms with E-state index in [1.165, 1.54) is 64.2 Å². The fraction of sp³-hybridized carbons (Fsp3) is 1.00. The van der Waals surface area contributed by atoms with E-state index in [2.05, 4.69) is 6.92 Å². The lowest BCUT2D eigenvalue weighted by Gasteiger charge is -2.21. The molecule has 2 heteroatoms. The second kappa shape index (κ2) is 9.80. The SMILES string of the molecule is CCCCCCCCCCCCC1(N)CCOC1. The summed E-state index contributed by atoms with van der Waals surface area (Å²) in [4.78, 5) is 0. The van der Waals surface area contributed by atoms with Crippen molar-refractivity contribution >= 4 is 0 Å². The molecule has 1 unspecified atom stereocenters. The second-order valence-corrected chi connectivity index (χ2v) is 6.10. The van der Waals surface area contributed by atoms with E-state index in [0.29, 0.717) is 0 Å². The summed E-state index contributed by atoms with van der Waals surface area (Å²) in [6.07, 6.45) is 16.2. The molecule has 1 aliphatic rings. The third-order valence-electron chi connectivity index (χ3n) is 4.16. The number of ether oxygens (including phenoxy) is 1. The lowest BCUT2D eigenvalue weighted by Crippen LogP contribution is -2.40. The van der Waals surface area contributed by atoms with E-state index >= 15 is 0 Å². The minimum atomic E-state index is 0.0140. The number of hydrogen-bond donors (Lipinski definition) is 1. The van der Waals surface area contributed by atoms with E-state index in [-0.39, 0.29) is 5.54 Å². The van der Waals surface area contributed by atoms with Crippen LogP contribution in [-0.2, 0) is 4.74 Å². The van der Waals surface area contributed by atoms with Crippen LogP contribution in [-0.4, -0.2) is 18.8 Å². The van der Waals surface area contributed by atoms with Crippen LogP contribution in [0, 0.1) is 0 Å². The molecule has 1 atom stereocenters. The Balaban J connectivity index is 1.78. The Morgan fingerprint density at radius 3 is 1.94 bits per heavy atom. The fourth-order valence-electron chi connectivity index (χ4n) is 2.78. The number of nitrogens with two attached hydrogens (primary N) is 1. The van der Waals surface area contributed by atoms with E-state index in [1.54, 1.807) is 0 Å². The van der Waals surface area contributed by atoms with Crippen LogP contribution < -0.4 is 5.73 Å². The molecule has 2 N–H and O–H groups in total. The van der Waals surface area contributed by atoms with Gasteiger partial charge < -0.3 is 10.5 Å². The lowest BCUT2D eigenvalue weighted by molar-refractivity contribution is 0.174. The summed E-state index contributed by atoms with van der Waals surface area (Å²) in [5, 5.41) is 0.